The molecule has 2 atom stereocenters. The molecule has 3 N–H and O–H groups in total. The van der Waals surface area contributed by atoms with Gasteiger partial charge >= 0.3 is 6.09 Å². The SMILES string of the molecule is C=CC(=O)NC1CCC(OC(=O)NCCOCCOc2cc(F)ccc2-c2nnc(-c3ccc4c(c3)CCNC4)c3ccsc23)C1. The van der Waals surface area contributed by atoms with Gasteiger partial charge in [0.05, 0.1) is 17.9 Å². The lowest BCUT2D eigenvalue weighted by Gasteiger charge is -2.18. The maximum atomic E-state index is 14.3. The molecular weight excluding hydrogens is 609 g/mol. The minimum Gasteiger partial charge on any atom is -0.490 e. The first-order valence-electron chi connectivity index (χ1n) is 15.4. The molecule has 3 heterocycles. The number of nitrogens with one attached hydrogen (secondary N) is 3. The first-order valence-corrected chi connectivity index (χ1v) is 16.3. The number of nitrogens with zero attached hydrogens (tertiary/aromatic N) is 2. The lowest BCUT2D eigenvalue weighted by Crippen LogP contribution is -2.34. The maximum Gasteiger partial charge on any atom is 0.407 e. The molecule has 6 rings (SSSR count). The summed E-state index contributed by atoms with van der Waals surface area (Å²) in [7, 11) is 0. The summed E-state index contributed by atoms with van der Waals surface area (Å²) in [6.45, 7) is 6.19. The van der Waals surface area contributed by atoms with E-state index in [1.54, 1.807) is 17.4 Å². The van der Waals surface area contributed by atoms with Crippen molar-refractivity contribution in [2.75, 3.05) is 32.9 Å². The zero-order chi connectivity index (χ0) is 31.9. The molecular formula is C34H36FN5O5S. The van der Waals surface area contributed by atoms with E-state index in [-0.39, 0.29) is 44.4 Å². The van der Waals surface area contributed by atoms with Crippen LogP contribution >= 0.6 is 11.3 Å². The van der Waals surface area contributed by atoms with E-state index >= 15 is 0 Å². The molecule has 46 heavy (non-hydrogen) atoms. The van der Waals surface area contributed by atoms with Crippen LogP contribution in [0.1, 0.15) is 30.4 Å². The Labute approximate surface area is 270 Å². The zero-order valence-corrected chi connectivity index (χ0v) is 26.2. The fraction of sp³-hybridized carbons (Fsp3) is 0.353. The van der Waals surface area contributed by atoms with Crippen LogP contribution in [0.5, 0.6) is 5.75 Å². The second kappa shape index (κ2) is 14.8. The molecule has 4 aromatic rings. The molecule has 2 aromatic carbocycles. The van der Waals surface area contributed by atoms with Gasteiger partial charge in [-0.1, -0.05) is 18.7 Å². The Morgan fingerprint density at radius 2 is 1.96 bits per heavy atom. The van der Waals surface area contributed by atoms with Crippen LogP contribution in [0.3, 0.4) is 0 Å². The fourth-order valence-corrected chi connectivity index (χ4v) is 6.77. The first-order chi connectivity index (χ1) is 22.5. The van der Waals surface area contributed by atoms with Gasteiger partial charge in [-0.15, -0.1) is 21.5 Å². The van der Waals surface area contributed by atoms with Gasteiger partial charge in [-0.05, 0) is 72.7 Å². The number of hydrogen-bond donors (Lipinski definition) is 3. The summed E-state index contributed by atoms with van der Waals surface area (Å²) in [5.74, 6) is -0.302. The van der Waals surface area contributed by atoms with E-state index in [2.05, 4.69) is 50.9 Å². The van der Waals surface area contributed by atoms with Crippen LogP contribution in [0.2, 0.25) is 0 Å². The van der Waals surface area contributed by atoms with Crippen molar-refractivity contribution < 1.29 is 28.2 Å². The lowest BCUT2D eigenvalue weighted by atomic mass is 9.96. The molecule has 1 fully saturated rings. The number of hydrogen-bond acceptors (Lipinski definition) is 9. The highest BCUT2D eigenvalue weighted by Gasteiger charge is 2.28. The lowest BCUT2D eigenvalue weighted by molar-refractivity contribution is -0.117. The Balaban J connectivity index is 1.01. The predicted octanol–water partition coefficient (Wildman–Crippen LogP) is 5.16. The van der Waals surface area contributed by atoms with Gasteiger partial charge in [0.25, 0.3) is 0 Å². The van der Waals surface area contributed by atoms with E-state index in [0.717, 1.165) is 47.3 Å². The molecule has 2 amide bonds. The van der Waals surface area contributed by atoms with Crippen molar-refractivity contribution in [2.45, 2.75) is 44.4 Å². The number of carbonyl (C=O) groups is 2. The molecule has 2 aliphatic rings. The largest absolute Gasteiger partial charge is 0.490 e. The minimum absolute atomic E-state index is 0.0226. The number of fused-ring (bicyclic) bond motifs is 2. The monoisotopic (exact) mass is 645 g/mol. The summed E-state index contributed by atoms with van der Waals surface area (Å²) in [6, 6.07) is 12.9. The number of thiophene rings is 1. The molecule has 1 aliphatic carbocycles. The summed E-state index contributed by atoms with van der Waals surface area (Å²) in [5.41, 5.74) is 5.76. The van der Waals surface area contributed by atoms with E-state index in [0.29, 0.717) is 29.8 Å². The smallest absolute Gasteiger partial charge is 0.407 e. The number of halogens is 1. The second-order valence-corrected chi connectivity index (χ2v) is 12.2. The number of rotatable bonds is 12. The van der Waals surface area contributed by atoms with Crippen molar-refractivity contribution >= 4 is 33.4 Å². The van der Waals surface area contributed by atoms with Gasteiger partial charge in [0.15, 0.2) is 0 Å². The van der Waals surface area contributed by atoms with Gasteiger partial charge in [0, 0.05) is 48.1 Å². The maximum absolute atomic E-state index is 14.3. The van der Waals surface area contributed by atoms with Crippen molar-refractivity contribution in [3.63, 3.8) is 0 Å². The number of alkyl carbamates (subject to hydrolysis) is 1. The molecule has 0 spiro atoms. The molecule has 10 nitrogen and oxygen atoms in total. The van der Waals surface area contributed by atoms with Crippen molar-refractivity contribution in [1.82, 2.24) is 26.1 Å². The quantitative estimate of drug-likeness (QED) is 0.143. The third kappa shape index (κ3) is 7.52. The van der Waals surface area contributed by atoms with E-state index in [4.69, 9.17) is 14.2 Å². The van der Waals surface area contributed by atoms with Crippen molar-refractivity contribution in [3.05, 3.63) is 77.4 Å². The average Bonchev–Trinajstić information content (AvgIpc) is 3.74. The van der Waals surface area contributed by atoms with Gasteiger partial charge < -0.3 is 30.2 Å². The highest BCUT2D eigenvalue weighted by Crippen LogP contribution is 2.39. The minimum atomic E-state index is -0.527. The molecule has 1 saturated carbocycles. The number of ether oxygens (including phenoxy) is 3. The number of aromatic nitrogens is 2. The van der Waals surface area contributed by atoms with Crippen LogP contribution in [-0.2, 0) is 27.2 Å². The standard InChI is InChI=1S/C34H36FN5O5S/c1-2-30(41)38-25-6-7-26(19-25)45-34(42)37-12-13-43-14-15-44-29-18-24(35)5-8-27(29)32-33-28(10-16-46-33)31(39-40-32)22-3-4-23-20-36-11-9-21(23)17-22/h2-5,8,10,16-18,25-26,36H,1,6-7,9,11-15,19-20H2,(H,37,42)(H,38,41). The topological polar surface area (TPSA) is 124 Å². The summed E-state index contributed by atoms with van der Waals surface area (Å²) >= 11 is 1.56. The van der Waals surface area contributed by atoms with Crippen LogP contribution in [0.15, 0.2) is 60.5 Å². The molecule has 1 aliphatic heterocycles. The Morgan fingerprint density at radius 3 is 2.85 bits per heavy atom. The molecule has 0 radical (unpaired) electrons. The zero-order valence-electron chi connectivity index (χ0n) is 25.4. The van der Waals surface area contributed by atoms with Crippen LogP contribution in [0, 0.1) is 5.82 Å². The van der Waals surface area contributed by atoms with Crippen LogP contribution in [0.25, 0.3) is 32.6 Å². The van der Waals surface area contributed by atoms with Gasteiger partial charge in [0.1, 0.15) is 35.7 Å². The Bertz CT molecular complexity index is 1730. The Morgan fingerprint density at radius 1 is 1.07 bits per heavy atom. The molecule has 2 unspecified atom stereocenters. The van der Waals surface area contributed by atoms with E-state index in [1.807, 2.05) is 11.4 Å². The number of carbonyl (C=O) groups excluding carboxylic acids is 2. The highest BCUT2D eigenvalue weighted by molar-refractivity contribution is 7.17. The van der Waals surface area contributed by atoms with E-state index < -0.39 is 11.9 Å². The van der Waals surface area contributed by atoms with Gasteiger partial charge in [0.2, 0.25) is 5.91 Å². The van der Waals surface area contributed by atoms with Crippen molar-refractivity contribution in [3.8, 4) is 28.3 Å². The fourth-order valence-electron chi connectivity index (χ4n) is 5.87. The summed E-state index contributed by atoms with van der Waals surface area (Å²) in [6.07, 6.45) is 3.44. The normalized spacial score (nSPS) is 17.3. The van der Waals surface area contributed by atoms with Crippen LogP contribution in [-0.4, -0.2) is 67.3 Å². The van der Waals surface area contributed by atoms with Crippen LogP contribution < -0.4 is 20.7 Å². The first kappa shape index (κ1) is 31.6. The Hall–Kier alpha value is -4.39. The summed E-state index contributed by atoms with van der Waals surface area (Å²) in [4.78, 5) is 23.6. The molecule has 12 heteroatoms. The van der Waals surface area contributed by atoms with Crippen molar-refractivity contribution in [2.24, 2.45) is 0 Å². The third-order valence-electron chi connectivity index (χ3n) is 8.14. The van der Waals surface area contributed by atoms with E-state index in [1.165, 1.54) is 29.3 Å². The number of benzene rings is 2. The molecule has 0 saturated heterocycles. The third-order valence-corrected chi connectivity index (χ3v) is 9.06. The molecule has 0 bridgehead atoms. The van der Waals surface area contributed by atoms with Gasteiger partial charge in [-0.25, -0.2) is 9.18 Å². The van der Waals surface area contributed by atoms with Gasteiger partial charge in [-0.3, -0.25) is 4.79 Å². The van der Waals surface area contributed by atoms with Gasteiger partial charge in [-0.2, -0.15) is 0 Å². The molecule has 240 valence electrons. The second-order valence-electron chi connectivity index (χ2n) is 11.2. The summed E-state index contributed by atoms with van der Waals surface area (Å²) in [5, 5.41) is 21.1. The summed E-state index contributed by atoms with van der Waals surface area (Å²) < 4.78 is 32.3. The van der Waals surface area contributed by atoms with Crippen LogP contribution in [0.4, 0.5) is 9.18 Å². The van der Waals surface area contributed by atoms with E-state index in [9.17, 15) is 14.0 Å². The number of amides is 2. The Kier molecular flexibility index (Phi) is 10.2. The highest BCUT2D eigenvalue weighted by atomic mass is 32.1. The molecule has 2 aromatic heterocycles. The van der Waals surface area contributed by atoms with Crippen molar-refractivity contribution in [1.29, 1.82) is 0 Å². The average molecular weight is 646 g/mol. The predicted molar refractivity (Wildman–Crippen MR) is 174 cm³/mol.